The highest BCUT2D eigenvalue weighted by Crippen LogP contribution is 2.34. The van der Waals surface area contributed by atoms with E-state index in [-0.39, 0.29) is 17.0 Å². The van der Waals surface area contributed by atoms with Gasteiger partial charge in [0.05, 0.1) is 12.7 Å². The van der Waals surface area contributed by atoms with E-state index in [2.05, 4.69) is 4.74 Å². The molecule has 1 rings (SSSR count). The molecule has 0 radical (unpaired) electrons. The summed E-state index contributed by atoms with van der Waals surface area (Å²) in [5.41, 5.74) is 4.45. The van der Waals surface area contributed by atoms with Crippen molar-refractivity contribution in [3.05, 3.63) is 34.3 Å². The van der Waals surface area contributed by atoms with E-state index in [1.807, 2.05) is 0 Å². The van der Waals surface area contributed by atoms with Gasteiger partial charge in [-0.25, -0.2) is 0 Å². The predicted octanol–water partition coefficient (Wildman–Crippen LogP) is 2.40. The van der Waals surface area contributed by atoms with E-state index >= 15 is 0 Å². The highest BCUT2D eigenvalue weighted by molar-refractivity contribution is 6.30. The van der Waals surface area contributed by atoms with Gasteiger partial charge >= 0.3 is 12.1 Å². The lowest BCUT2D eigenvalue weighted by molar-refractivity contribution is -0.143. The van der Waals surface area contributed by atoms with Crippen molar-refractivity contribution in [3.8, 4) is 0 Å². The highest BCUT2D eigenvalue weighted by atomic mass is 35.5. The first kappa shape index (κ1) is 14.8. The van der Waals surface area contributed by atoms with Crippen molar-refractivity contribution in [1.29, 1.82) is 0 Å². The predicted molar refractivity (Wildman–Crippen MR) is 60.1 cm³/mol. The molecule has 3 nitrogen and oxygen atoms in total. The molecule has 0 fully saturated rings. The van der Waals surface area contributed by atoms with Gasteiger partial charge in [0.15, 0.2) is 0 Å². The molecule has 0 heterocycles. The highest BCUT2D eigenvalue weighted by Gasteiger charge is 2.34. The van der Waals surface area contributed by atoms with Crippen LogP contribution in [0.3, 0.4) is 0 Å². The molecule has 7 heteroatoms. The minimum Gasteiger partial charge on any atom is -0.468 e. The Bertz CT molecular complexity index is 448. The van der Waals surface area contributed by atoms with Crippen molar-refractivity contribution in [2.24, 2.45) is 5.73 Å². The molecule has 0 unspecified atom stereocenters. The molecule has 0 bridgehead atoms. The van der Waals surface area contributed by atoms with Crippen molar-refractivity contribution in [3.63, 3.8) is 0 Å². The normalized spacial score (nSPS) is 13.2. The van der Waals surface area contributed by atoms with Gasteiger partial charge in [-0.15, -0.1) is 0 Å². The van der Waals surface area contributed by atoms with Crippen LogP contribution in [0.4, 0.5) is 13.2 Å². The SMILES string of the molecule is COC(=O)[C@H](N)Cc1ccc(Cl)cc1C(F)(F)F. The fourth-order valence-corrected chi connectivity index (χ4v) is 1.63. The zero-order valence-corrected chi connectivity index (χ0v) is 10.2. The number of benzene rings is 1. The first-order valence-corrected chi connectivity index (χ1v) is 5.32. The number of esters is 1. The van der Waals surface area contributed by atoms with Crippen LogP contribution in [0.1, 0.15) is 11.1 Å². The second-order valence-corrected chi connectivity index (χ2v) is 4.07. The van der Waals surface area contributed by atoms with Crippen molar-refractivity contribution in [2.45, 2.75) is 18.6 Å². The summed E-state index contributed by atoms with van der Waals surface area (Å²) in [5.74, 6) is -0.766. The molecule has 0 aromatic heterocycles. The standard InChI is InChI=1S/C11H11ClF3NO2/c1-18-10(17)9(16)4-6-2-3-7(12)5-8(6)11(13,14)15/h2-3,5,9H,4,16H2,1H3/t9-/m1/s1. The van der Waals surface area contributed by atoms with Crippen LogP contribution in [0, 0.1) is 0 Å². The molecule has 100 valence electrons. The summed E-state index contributed by atoms with van der Waals surface area (Å²) >= 11 is 5.53. The Balaban J connectivity index is 3.06. The molecule has 1 atom stereocenters. The molecule has 2 N–H and O–H groups in total. The van der Waals surface area contributed by atoms with Crippen molar-refractivity contribution < 1.29 is 22.7 Å². The van der Waals surface area contributed by atoms with Crippen LogP contribution in [0.15, 0.2) is 18.2 Å². The summed E-state index contributed by atoms with van der Waals surface area (Å²) in [7, 11) is 1.12. The molecule has 1 aromatic rings. The van der Waals surface area contributed by atoms with E-state index in [1.165, 1.54) is 12.1 Å². The number of halogens is 4. The Hall–Kier alpha value is -1.27. The monoisotopic (exact) mass is 281 g/mol. The lowest BCUT2D eigenvalue weighted by atomic mass is 10.0. The quantitative estimate of drug-likeness (QED) is 0.866. The summed E-state index contributed by atoms with van der Waals surface area (Å²) in [4.78, 5) is 11.1. The lowest BCUT2D eigenvalue weighted by Crippen LogP contribution is -2.34. The summed E-state index contributed by atoms with van der Waals surface area (Å²) < 4.78 is 42.6. The number of rotatable bonds is 3. The smallest absolute Gasteiger partial charge is 0.416 e. The summed E-state index contributed by atoms with van der Waals surface area (Å²) in [5, 5.41) is -0.0299. The van der Waals surface area contributed by atoms with E-state index in [0.29, 0.717) is 0 Å². The molecular weight excluding hydrogens is 271 g/mol. The Morgan fingerprint density at radius 2 is 2.11 bits per heavy atom. The molecule has 0 aliphatic heterocycles. The summed E-state index contributed by atoms with van der Waals surface area (Å²) in [6.07, 6.45) is -4.81. The van der Waals surface area contributed by atoms with Gasteiger partial charge < -0.3 is 10.5 Å². The maximum Gasteiger partial charge on any atom is 0.416 e. The minimum atomic E-state index is -4.55. The third kappa shape index (κ3) is 3.61. The Labute approximate surface area is 107 Å². The van der Waals surface area contributed by atoms with Crippen LogP contribution in [0.2, 0.25) is 5.02 Å². The average Bonchev–Trinajstić information content (AvgIpc) is 2.28. The zero-order valence-electron chi connectivity index (χ0n) is 9.42. The lowest BCUT2D eigenvalue weighted by Gasteiger charge is -2.15. The van der Waals surface area contributed by atoms with E-state index in [4.69, 9.17) is 17.3 Å². The van der Waals surface area contributed by atoms with Gasteiger partial charge in [-0.2, -0.15) is 13.2 Å². The van der Waals surface area contributed by atoms with Gasteiger partial charge in [0.25, 0.3) is 0 Å². The molecule has 0 saturated heterocycles. The fraction of sp³-hybridized carbons (Fsp3) is 0.364. The number of ether oxygens (including phenoxy) is 1. The third-order valence-corrected chi connectivity index (χ3v) is 2.56. The molecular formula is C11H11ClF3NO2. The number of carbonyl (C=O) groups excluding carboxylic acids is 1. The van der Waals surface area contributed by atoms with E-state index in [1.54, 1.807) is 0 Å². The van der Waals surface area contributed by atoms with Crippen LogP contribution in [0.25, 0.3) is 0 Å². The number of alkyl halides is 3. The molecule has 18 heavy (non-hydrogen) atoms. The second kappa shape index (κ2) is 5.58. The van der Waals surface area contributed by atoms with Crippen molar-refractivity contribution in [1.82, 2.24) is 0 Å². The first-order chi connectivity index (χ1) is 8.25. The van der Waals surface area contributed by atoms with Gasteiger partial charge in [-0.3, -0.25) is 4.79 Å². The minimum absolute atomic E-state index is 0.0299. The molecule has 0 aliphatic rings. The molecule has 0 amide bonds. The molecule has 1 aromatic carbocycles. The third-order valence-electron chi connectivity index (χ3n) is 2.32. The van der Waals surface area contributed by atoms with Gasteiger partial charge in [0, 0.05) is 5.02 Å². The van der Waals surface area contributed by atoms with Crippen LogP contribution in [-0.2, 0) is 22.1 Å². The van der Waals surface area contributed by atoms with E-state index in [0.717, 1.165) is 13.2 Å². The van der Waals surface area contributed by atoms with Crippen LogP contribution in [-0.4, -0.2) is 19.1 Å². The maximum absolute atomic E-state index is 12.7. The maximum atomic E-state index is 12.7. The second-order valence-electron chi connectivity index (χ2n) is 3.63. The fourth-order valence-electron chi connectivity index (χ4n) is 1.46. The molecule has 0 saturated carbocycles. The van der Waals surface area contributed by atoms with Crippen LogP contribution >= 0.6 is 11.6 Å². The summed E-state index contributed by atoms with van der Waals surface area (Å²) in [6.45, 7) is 0. The van der Waals surface area contributed by atoms with Crippen molar-refractivity contribution >= 4 is 17.6 Å². The van der Waals surface area contributed by atoms with Gasteiger partial charge in [0.1, 0.15) is 6.04 Å². The summed E-state index contributed by atoms with van der Waals surface area (Å²) in [6, 6.07) is 2.18. The first-order valence-electron chi connectivity index (χ1n) is 4.94. The van der Waals surface area contributed by atoms with Gasteiger partial charge in [-0.05, 0) is 24.1 Å². The Morgan fingerprint density at radius 1 is 1.50 bits per heavy atom. The van der Waals surface area contributed by atoms with Crippen LogP contribution < -0.4 is 5.73 Å². The van der Waals surface area contributed by atoms with Gasteiger partial charge in [0.2, 0.25) is 0 Å². The number of hydrogen-bond donors (Lipinski definition) is 1. The van der Waals surface area contributed by atoms with Crippen LogP contribution in [0.5, 0.6) is 0 Å². The zero-order chi connectivity index (χ0) is 13.9. The van der Waals surface area contributed by atoms with Gasteiger partial charge in [-0.1, -0.05) is 17.7 Å². The Morgan fingerprint density at radius 3 is 2.61 bits per heavy atom. The average molecular weight is 282 g/mol. The number of nitrogens with two attached hydrogens (primary N) is 1. The number of methoxy groups -OCH3 is 1. The molecule has 0 spiro atoms. The largest absolute Gasteiger partial charge is 0.468 e. The van der Waals surface area contributed by atoms with E-state index in [9.17, 15) is 18.0 Å². The Kier molecular flexibility index (Phi) is 4.59. The number of hydrogen-bond acceptors (Lipinski definition) is 3. The molecule has 0 aliphatic carbocycles. The van der Waals surface area contributed by atoms with Crippen molar-refractivity contribution in [2.75, 3.05) is 7.11 Å². The van der Waals surface area contributed by atoms with E-state index < -0.39 is 23.8 Å². The number of carbonyl (C=O) groups is 1. The topological polar surface area (TPSA) is 52.3 Å².